The second-order valence-corrected chi connectivity index (χ2v) is 9.33. The van der Waals surface area contributed by atoms with Crippen LogP contribution in [0.3, 0.4) is 0 Å². The topological polar surface area (TPSA) is 163 Å². The predicted molar refractivity (Wildman–Crippen MR) is 112 cm³/mol. The standard InChI is InChI=1S/C20H14N4O6S2.Fe.Na/c25-31(26,27)15-8-4-13(5-9-15)18-19(14-6-10-16(11-7-14)32(28,29)30)23-24-20(22-18)17-3-1-2-12-21-17;;/h1-12H,(H,25,26,27)(H,28,29,30);;/q;+2;+1/p-1. The molecule has 0 aliphatic rings. The molecular formula is C20H13FeN4NaO6S2+2. The van der Waals surface area contributed by atoms with Crippen LogP contribution in [0.25, 0.3) is 34.0 Å². The van der Waals surface area contributed by atoms with Gasteiger partial charge in [-0.2, -0.15) is 8.42 Å². The smallest absolute Gasteiger partial charge is 0.744 e. The van der Waals surface area contributed by atoms with Crippen LogP contribution < -0.4 is 29.6 Å². The summed E-state index contributed by atoms with van der Waals surface area (Å²) >= 11 is 0. The Morgan fingerprint density at radius 1 is 0.735 bits per heavy atom. The van der Waals surface area contributed by atoms with E-state index in [1.807, 2.05) is 0 Å². The number of hydrogen-bond acceptors (Lipinski definition) is 9. The first kappa shape index (κ1) is 28.2. The molecule has 0 bridgehead atoms. The van der Waals surface area contributed by atoms with Crippen molar-refractivity contribution in [2.45, 2.75) is 9.79 Å². The molecule has 4 aromatic rings. The number of hydrogen-bond donors (Lipinski definition) is 1. The normalized spacial score (nSPS) is 11.2. The van der Waals surface area contributed by atoms with Crippen LogP contribution >= 0.6 is 0 Å². The van der Waals surface area contributed by atoms with Crippen LogP contribution in [0, 0.1) is 0 Å². The fourth-order valence-electron chi connectivity index (χ4n) is 2.89. The van der Waals surface area contributed by atoms with Gasteiger partial charge in [0.2, 0.25) is 5.82 Å². The summed E-state index contributed by atoms with van der Waals surface area (Å²) in [5.74, 6) is 0.210. The zero-order valence-corrected chi connectivity index (χ0v) is 22.1. The molecule has 0 radical (unpaired) electrons. The van der Waals surface area contributed by atoms with Crippen molar-refractivity contribution in [3.8, 4) is 34.0 Å². The van der Waals surface area contributed by atoms with Gasteiger partial charge >= 0.3 is 46.6 Å². The molecule has 14 heteroatoms. The third-order valence-corrected chi connectivity index (χ3v) is 6.14. The van der Waals surface area contributed by atoms with Gasteiger partial charge in [-0.3, -0.25) is 9.54 Å². The van der Waals surface area contributed by atoms with Crippen LogP contribution in [0.4, 0.5) is 0 Å². The monoisotopic (exact) mass is 548 g/mol. The third-order valence-electron chi connectivity index (χ3n) is 4.42. The SMILES string of the molecule is O=S(=O)([O-])c1ccc(-c2nnc(-c3ccccn3)nc2-c2ccc(S(=O)(=O)O)cc2)cc1.[Fe+2].[Na+]. The first-order valence-corrected chi connectivity index (χ1v) is 11.8. The average molecular weight is 548 g/mol. The quantitative estimate of drug-likeness (QED) is 0.252. The largest absolute Gasteiger partial charge is 2.00 e. The van der Waals surface area contributed by atoms with Gasteiger partial charge < -0.3 is 4.55 Å². The Bertz CT molecular complexity index is 1500. The van der Waals surface area contributed by atoms with Crippen molar-refractivity contribution in [3.05, 3.63) is 72.9 Å². The Labute approximate surface area is 228 Å². The Balaban J connectivity index is 0.00000204. The van der Waals surface area contributed by atoms with Crippen molar-refractivity contribution in [2.24, 2.45) is 0 Å². The molecule has 0 atom stereocenters. The van der Waals surface area contributed by atoms with Crippen molar-refractivity contribution < 1.29 is 72.6 Å². The van der Waals surface area contributed by atoms with Gasteiger partial charge in [0.15, 0.2) is 0 Å². The van der Waals surface area contributed by atoms with E-state index in [4.69, 9.17) is 0 Å². The van der Waals surface area contributed by atoms with Crippen LogP contribution in [-0.4, -0.2) is 46.1 Å². The molecule has 2 aromatic heterocycles. The van der Waals surface area contributed by atoms with E-state index in [1.54, 1.807) is 24.4 Å². The number of benzene rings is 2. The van der Waals surface area contributed by atoms with Gasteiger partial charge in [-0.1, -0.05) is 30.3 Å². The molecule has 0 fully saturated rings. The van der Waals surface area contributed by atoms with Crippen LogP contribution in [0.2, 0.25) is 0 Å². The Morgan fingerprint density at radius 2 is 1.29 bits per heavy atom. The molecule has 0 amide bonds. The van der Waals surface area contributed by atoms with Gasteiger partial charge in [-0.25, -0.2) is 13.4 Å². The third kappa shape index (κ3) is 6.33. The molecule has 0 aliphatic heterocycles. The van der Waals surface area contributed by atoms with E-state index in [-0.39, 0.29) is 63.0 Å². The van der Waals surface area contributed by atoms with E-state index in [2.05, 4.69) is 20.2 Å². The molecule has 0 aliphatic carbocycles. The van der Waals surface area contributed by atoms with E-state index in [0.717, 1.165) is 12.1 Å². The van der Waals surface area contributed by atoms with Crippen LogP contribution in [0.1, 0.15) is 0 Å². The van der Waals surface area contributed by atoms with Crippen molar-refractivity contribution in [2.75, 3.05) is 0 Å². The van der Waals surface area contributed by atoms with E-state index in [9.17, 15) is 25.9 Å². The molecule has 0 spiro atoms. The molecule has 168 valence electrons. The first-order valence-electron chi connectivity index (χ1n) is 8.93. The second-order valence-electron chi connectivity index (χ2n) is 6.53. The fourth-order valence-corrected chi connectivity index (χ4v) is 3.84. The molecule has 2 heterocycles. The summed E-state index contributed by atoms with van der Waals surface area (Å²) < 4.78 is 65.6. The number of pyridine rings is 1. The van der Waals surface area contributed by atoms with Gasteiger partial charge in [0, 0.05) is 17.3 Å². The zero-order chi connectivity index (χ0) is 22.9. The maximum Gasteiger partial charge on any atom is 2.00 e. The molecule has 0 saturated heterocycles. The predicted octanol–water partition coefficient (Wildman–Crippen LogP) is -0.580. The minimum absolute atomic E-state index is 0. The minimum Gasteiger partial charge on any atom is -0.744 e. The molecule has 10 nitrogen and oxygen atoms in total. The summed E-state index contributed by atoms with van der Waals surface area (Å²) in [6, 6.07) is 15.6. The summed E-state index contributed by atoms with van der Waals surface area (Å²) in [7, 11) is -8.99. The molecule has 1 N–H and O–H groups in total. The molecule has 34 heavy (non-hydrogen) atoms. The molecule has 0 saturated carbocycles. The van der Waals surface area contributed by atoms with Crippen molar-refractivity contribution in [1.29, 1.82) is 0 Å². The van der Waals surface area contributed by atoms with E-state index >= 15 is 0 Å². The maximum absolute atomic E-state index is 11.4. The van der Waals surface area contributed by atoms with Gasteiger partial charge in [0.25, 0.3) is 10.1 Å². The summed E-state index contributed by atoms with van der Waals surface area (Å²) in [5.41, 5.74) is 1.91. The Hall–Kier alpha value is -2.06. The maximum atomic E-state index is 11.4. The average Bonchev–Trinajstić information content (AvgIpc) is 2.78. The van der Waals surface area contributed by atoms with Gasteiger partial charge in [-0.05, 0) is 36.4 Å². The molecule has 0 unspecified atom stereocenters. The van der Waals surface area contributed by atoms with Gasteiger partial charge in [0.1, 0.15) is 27.2 Å². The van der Waals surface area contributed by atoms with Gasteiger partial charge in [-0.15, -0.1) is 10.2 Å². The summed E-state index contributed by atoms with van der Waals surface area (Å²) in [6.45, 7) is 0. The summed E-state index contributed by atoms with van der Waals surface area (Å²) in [5, 5.41) is 8.32. The van der Waals surface area contributed by atoms with Crippen LogP contribution in [0.5, 0.6) is 0 Å². The van der Waals surface area contributed by atoms with Crippen LogP contribution in [0.15, 0.2) is 82.7 Å². The molecular weight excluding hydrogens is 535 g/mol. The zero-order valence-electron chi connectivity index (χ0n) is 17.4. The second kappa shape index (κ2) is 11.1. The van der Waals surface area contributed by atoms with Crippen molar-refractivity contribution in [1.82, 2.24) is 20.2 Å². The summed E-state index contributed by atoms with van der Waals surface area (Å²) in [4.78, 5) is 8.03. The van der Waals surface area contributed by atoms with Crippen LogP contribution in [-0.2, 0) is 37.3 Å². The van der Waals surface area contributed by atoms with E-state index < -0.39 is 25.1 Å². The van der Waals surface area contributed by atoms with E-state index in [0.29, 0.717) is 22.5 Å². The van der Waals surface area contributed by atoms with E-state index in [1.165, 1.54) is 36.4 Å². The minimum atomic E-state index is -4.62. The first-order chi connectivity index (χ1) is 15.1. The number of rotatable bonds is 5. The summed E-state index contributed by atoms with van der Waals surface area (Å²) in [6.07, 6.45) is 1.56. The van der Waals surface area contributed by atoms with Gasteiger partial charge in [0.05, 0.1) is 9.79 Å². The Kier molecular flexibility index (Phi) is 9.22. The van der Waals surface area contributed by atoms with Crippen molar-refractivity contribution in [3.63, 3.8) is 0 Å². The molecule has 2 aromatic carbocycles. The fraction of sp³-hybridized carbons (Fsp3) is 0. The Morgan fingerprint density at radius 3 is 1.79 bits per heavy atom. The number of nitrogens with zero attached hydrogens (tertiary/aromatic N) is 4. The number of aromatic nitrogens is 4. The van der Waals surface area contributed by atoms with Crippen molar-refractivity contribution >= 4 is 20.2 Å². The molecule has 4 rings (SSSR count).